The fraction of sp³-hybridized carbons (Fsp3) is 0.179. The molecule has 5 nitrogen and oxygen atoms in total. The summed E-state index contributed by atoms with van der Waals surface area (Å²) in [5.41, 5.74) is 6.12. The fourth-order valence-electron chi connectivity index (χ4n) is 5.10. The van der Waals surface area contributed by atoms with Crippen LogP contribution in [0.5, 0.6) is 5.75 Å². The molecule has 0 saturated heterocycles. The lowest BCUT2D eigenvalue weighted by Gasteiger charge is -2.36. The van der Waals surface area contributed by atoms with E-state index in [4.69, 9.17) is 9.15 Å². The standard InChI is InChI=1S/C28H24N2O3/c1-32-20-8-6-7-18(15-20)27-26-22(21-9-2-4-11-24(21)29-26)13-14-30(27)16-19-17-33-25-12-5-3-10-23(25)28(19)31/h2-12,15,17,27,29H,13-14,16H2,1H3. The molecule has 5 aromatic rings. The van der Waals surface area contributed by atoms with Gasteiger partial charge in [-0.3, -0.25) is 9.69 Å². The molecule has 5 heteroatoms. The van der Waals surface area contributed by atoms with E-state index < -0.39 is 0 Å². The Morgan fingerprint density at radius 1 is 1.03 bits per heavy atom. The number of rotatable bonds is 4. The topological polar surface area (TPSA) is 58.5 Å². The number of H-pyrrole nitrogens is 1. The van der Waals surface area contributed by atoms with Crippen molar-refractivity contribution in [3.05, 3.63) is 112 Å². The van der Waals surface area contributed by atoms with E-state index in [9.17, 15) is 4.79 Å². The first-order valence-electron chi connectivity index (χ1n) is 11.2. The Balaban J connectivity index is 1.48. The van der Waals surface area contributed by atoms with Crippen molar-refractivity contribution in [2.75, 3.05) is 13.7 Å². The first-order valence-corrected chi connectivity index (χ1v) is 11.2. The second kappa shape index (κ2) is 7.94. The van der Waals surface area contributed by atoms with Gasteiger partial charge in [0.1, 0.15) is 11.3 Å². The number of nitrogens with zero attached hydrogens (tertiary/aromatic N) is 1. The maximum atomic E-state index is 13.2. The van der Waals surface area contributed by atoms with Gasteiger partial charge in [0.15, 0.2) is 5.43 Å². The Hall–Kier alpha value is -3.83. The molecule has 0 fully saturated rings. The van der Waals surface area contributed by atoms with Crippen molar-refractivity contribution in [1.29, 1.82) is 0 Å². The number of nitrogens with one attached hydrogen (secondary N) is 1. The number of para-hydroxylation sites is 2. The van der Waals surface area contributed by atoms with Crippen LogP contribution in [-0.2, 0) is 13.0 Å². The molecule has 0 aliphatic carbocycles. The minimum atomic E-state index is -0.0258. The van der Waals surface area contributed by atoms with Crippen LogP contribution in [0, 0.1) is 0 Å². The van der Waals surface area contributed by atoms with Crippen LogP contribution < -0.4 is 10.2 Å². The molecule has 3 aromatic carbocycles. The molecule has 1 aliphatic rings. The van der Waals surface area contributed by atoms with E-state index in [1.165, 1.54) is 16.6 Å². The smallest absolute Gasteiger partial charge is 0.197 e. The molecule has 1 aliphatic heterocycles. The highest BCUT2D eigenvalue weighted by atomic mass is 16.5. The van der Waals surface area contributed by atoms with Crippen LogP contribution in [0.25, 0.3) is 21.9 Å². The zero-order valence-electron chi connectivity index (χ0n) is 18.4. The average molecular weight is 437 g/mol. The maximum Gasteiger partial charge on any atom is 0.197 e. The van der Waals surface area contributed by atoms with Gasteiger partial charge in [-0.15, -0.1) is 0 Å². The van der Waals surface area contributed by atoms with Crippen LogP contribution in [0.15, 0.2) is 88.3 Å². The summed E-state index contributed by atoms with van der Waals surface area (Å²) in [4.78, 5) is 19.3. The van der Waals surface area contributed by atoms with E-state index in [1.54, 1.807) is 13.4 Å². The molecule has 1 unspecified atom stereocenters. The number of fused-ring (bicyclic) bond motifs is 4. The molecule has 2 aromatic heterocycles. The summed E-state index contributed by atoms with van der Waals surface area (Å²) in [6.07, 6.45) is 2.53. The SMILES string of the molecule is COc1cccc(C2c3[nH]c4ccccc4c3CCN2Cc2coc3ccccc3c2=O)c1. The maximum absolute atomic E-state index is 13.2. The Labute approximate surface area is 191 Å². The van der Waals surface area contributed by atoms with E-state index in [1.807, 2.05) is 36.4 Å². The number of aromatic amines is 1. The van der Waals surface area contributed by atoms with Crippen molar-refractivity contribution < 1.29 is 9.15 Å². The minimum absolute atomic E-state index is 0.0258. The monoisotopic (exact) mass is 436 g/mol. The van der Waals surface area contributed by atoms with Crippen molar-refractivity contribution in [3.63, 3.8) is 0 Å². The van der Waals surface area contributed by atoms with Gasteiger partial charge in [-0.05, 0) is 47.9 Å². The summed E-state index contributed by atoms with van der Waals surface area (Å²) < 4.78 is 11.3. The van der Waals surface area contributed by atoms with E-state index in [-0.39, 0.29) is 11.5 Å². The second-order valence-electron chi connectivity index (χ2n) is 8.55. The third-order valence-electron chi connectivity index (χ3n) is 6.67. The Morgan fingerprint density at radius 2 is 1.85 bits per heavy atom. The summed E-state index contributed by atoms with van der Waals surface area (Å²) in [6.45, 7) is 1.34. The number of hydrogen-bond donors (Lipinski definition) is 1. The molecular weight excluding hydrogens is 412 g/mol. The van der Waals surface area contributed by atoms with Crippen LogP contribution in [0.4, 0.5) is 0 Å². The normalized spacial score (nSPS) is 16.2. The molecule has 0 amide bonds. The summed E-state index contributed by atoms with van der Waals surface area (Å²) in [7, 11) is 1.69. The number of ether oxygens (including phenoxy) is 1. The Bertz CT molecular complexity index is 1530. The van der Waals surface area contributed by atoms with Gasteiger partial charge in [0.2, 0.25) is 0 Å². The Morgan fingerprint density at radius 3 is 2.73 bits per heavy atom. The molecule has 3 heterocycles. The van der Waals surface area contributed by atoms with E-state index >= 15 is 0 Å². The summed E-state index contributed by atoms with van der Waals surface area (Å²) in [6, 6.07) is 24.0. The lowest BCUT2D eigenvalue weighted by Crippen LogP contribution is -2.36. The van der Waals surface area contributed by atoms with E-state index in [0.717, 1.165) is 29.8 Å². The summed E-state index contributed by atoms with van der Waals surface area (Å²) in [5.74, 6) is 0.820. The first kappa shape index (κ1) is 19.8. The molecule has 1 N–H and O–H groups in total. The molecule has 0 spiro atoms. The van der Waals surface area contributed by atoms with E-state index in [0.29, 0.717) is 23.1 Å². The minimum Gasteiger partial charge on any atom is -0.497 e. The predicted octanol–water partition coefficient (Wildman–Crippen LogP) is 5.43. The third kappa shape index (κ3) is 3.33. The van der Waals surface area contributed by atoms with Crippen LogP contribution in [-0.4, -0.2) is 23.5 Å². The van der Waals surface area contributed by atoms with Crippen LogP contribution >= 0.6 is 0 Å². The highest BCUT2D eigenvalue weighted by Gasteiger charge is 2.32. The highest BCUT2D eigenvalue weighted by Crippen LogP contribution is 2.39. The molecular formula is C28H24N2O3. The van der Waals surface area contributed by atoms with Gasteiger partial charge in [0, 0.05) is 35.2 Å². The molecule has 164 valence electrons. The number of methoxy groups -OCH3 is 1. The van der Waals surface area contributed by atoms with Crippen LogP contribution in [0.2, 0.25) is 0 Å². The molecule has 0 saturated carbocycles. The van der Waals surface area contributed by atoms with Crippen LogP contribution in [0.3, 0.4) is 0 Å². The zero-order chi connectivity index (χ0) is 22.4. The molecule has 0 radical (unpaired) electrons. The first-order chi connectivity index (χ1) is 16.2. The lowest BCUT2D eigenvalue weighted by molar-refractivity contribution is 0.200. The number of benzene rings is 3. The van der Waals surface area contributed by atoms with Crippen LogP contribution in [0.1, 0.15) is 28.4 Å². The summed E-state index contributed by atoms with van der Waals surface area (Å²) in [5, 5.41) is 1.89. The second-order valence-corrected chi connectivity index (χ2v) is 8.55. The van der Waals surface area contributed by atoms with Gasteiger partial charge < -0.3 is 14.1 Å². The molecule has 6 rings (SSSR count). The van der Waals surface area contributed by atoms with Gasteiger partial charge in [0.25, 0.3) is 0 Å². The number of hydrogen-bond acceptors (Lipinski definition) is 4. The Kier molecular flexibility index (Phi) is 4.77. The van der Waals surface area contributed by atoms with E-state index in [2.05, 4.69) is 46.3 Å². The number of aromatic nitrogens is 1. The van der Waals surface area contributed by atoms with Gasteiger partial charge in [0.05, 0.1) is 24.8 Å². The van der Waals surface area contributed by atoms with Crippen molar-refractivity contribution in [2.45, 2.75) is 19.0 Å². The lowest BCUT2D eigenvalue weighted by atomic mass is 9.92. The quantitative estimate of drug-likeness (QED) is 0.408. The summed E-state index contributed by atoms with van der Waals surface area (Å²) >= 11 is 0. The molecule has 33 heavy (non-hydrogen) atoms. The van der Waals surface area contributed by atoms with Gasteiger partial charge in [-0.25, -0.2) is 0 Å². The van der Waals surface area contributed by atoms with Crippen molar-refractivity contribution in [3.8, 4) is 5.75 Å². The van der Waals surface area contributed by atoms with Crippen molar-refractivity contribution in [2.24, 2.45) is 0 Å². The van der Waals surface area contributed by atoms with Crippen molar-refractivity contribution >= 4 is 21.9 Å². The fourth-order valence-corrected chi connectivity index (χ4v) is 5.10. The third-order valence-corrected chi connectivity index (χ3v) is 6.67. The van der Waals surface area contributed by atoms with Gasteiger partial charge in [-0.1, -0.05) is 42.5 Å². The average Bonchev–Trinajstić information content (AvgIpc) is 3.24. The largest absolute Gasteiger partial charge is 0.497 e. The predicted molar refractivity (Wildman–Crippen MR) is 130 cm³/mol. The highest BCUT2D eigenvalue weighted by molar-refractivity contribution is 5.85. The van der Waals surface area contributed by atoms with Gasteiger partial charge in [-0.2, -0.15) is 0 Å². The van der Waals surface area contributed by atoms with Crippen molar-refractivity contribution in [1.82, 2.24) is 9.88 Å². The molecule has 0 bridgehead atoms. The zero-order valence-corrected chi connectivity index (χ0v) is 18.4. The molecule has 1 atom stereocenters. The van der Waals surface area contributed by atoms with Gasteiger partial charge >= 0.3 is 0 Å².